The smallest absolute Gasteiger partial charge is 0.224 e. The average Bonchev–Trinajstić information content (AvgIpc) is 2.54. The van der Waals surface area contributed by atoms with Crippen molar-refractivity contribution in [3.05, 3.63) is 59.3 Å². The number of amides is 1. The van der Waals surface area contributed by atoms with Crippen LogP contribution in [0.4, 0.5) is 0 Å². The second-order valence-corrected chi connectivity index (χ2v) is 4.68. The maximum Gasteiger partial charge on any atom is 0.224 e. The maximum absolute atomic E-state index is 11.9. The number of pyridine rings is 1. The van der Waals surface area contributed by atoms with Crippen LogP contribution in [-0.2, 0) is 24.3 Å². The Bertz CT molecular complexity index is 579. The van der Waals surface area contributed by atoms with Crippen LogP contribution in [0.5, 0.6) is 5.88 Å². The predicted molar refractivity (Wildman–Crippen MR) is 80.7 cm³/mol. The van der Waals surface area contributed by atoms with Crippen molar-refractivity contribution >= 4 is 5.91 Å². The molecule has 0 radical (unpaired) electrons. The number of aromatic nitrogens is 1. The highest BCUT2D eigenvalue weighted by Crippen LogP contribution is 2.07. The van der Waals surface area contributed by atoms with Crippen LogP contribution < -0.4 is 15.8 Å². The number of carbonyl (C=O) groups excluding carboxylic acids is 1. The van der Waals surface area contributed by atoms with Gasteiger partial charge in [-0.15, -0.1) is 0 Å². The van der Waals surface area contributed by atoms with Crippen LogP contribution in [0.15, 0.2) is 42.6 Å². The summed E-state index contributed by atoms with van der Waals surface area (Å²) in [6.45, 7) is 0.966. The van der Waals surface area contributed by atoms with Crippen molar-refractivity contribution in [2.45, 2.75) is 19.5 Å². The fourth-order valence-corrected chi connectivity index (χ4v) is 1.88. The minimum atomic E-state index is -0.0219. The van der Waals surface area contributed by atoms with E-state index in [1.807, 2.05) is 30.3 Å². The fraction of sp³-hybridized carbons (Fsp3) is 0.250. The van der Waals surface area contributed by atoms with E-state index in [0.29, 0.717) is 25.4 Å². The first-order valence-electron chi connectivity index (χ1n) is 6.75. The van der Waals surface area contributed by atoms with E-state index in [9.17, 15) is 4.79 Å². The molecule has 3 N–H and O–H groups in total. The number of carbonyl (C=O) groups is 1. The minimum absolute atomic E-state index is 0.0219. The molecule has 1 amide bonds. The van der Waals surface area contributed by atoms with E-state index in [1.54, 1.807) is 19.4 Å². The largest absolute Gasteiger partial charge is 0.481 e. The molecule has 0 saturated carbocycles. The molecule has 0 spiro atoms. The Hall–Kier alpha value is -2.40. The van der Waals surface area contributed by atoms with E-state index >= 15 is 0 Å². The second kappa shape index (κ2) is 7.40. The third kappa shape index (κ3) is 4.57. The summed E-state index contributed by atoms with van der Waals surface area (Å²) in [4.78, 5) is 16.0. The molecule has 0 saturated heterocycles. The quantitative estimate of drug-likeness (QED) is 0.841. The molecule has 0 aliphatic rings. The number of methoxy groups -OCH3 is 1. The summed E-state index contributed by atoms with van der Waals surface area (Å²) in [6, 6.07) is 11.4. The van der Waals surface area contributed by atoms with Gasteiger partial charge in [-0.3, -0.25) is 4.79 Å². The van der Waals surface area contributed by atoms with E-state index in [-0.39, 0.29) is 5.91 Å². The second-order valence-electron chi connectivity index (χ2n) is 4.68. The van der Waals surface area contributed by atoms with Crippen LogP contribution in [0.2, 0.25) is 0 Å². The molecule has 0 aliphatic heterocycles. The highest BCUT2D eigenvalue weighted by atomic mass is 16.5. The van der Waals surface area contributed by atoms with Crippen molar-refractivity contribution in [2.24, 2.45) is 5.73 Å². The minimum Gasteiger partial charge on any atom is -0.481 e. The molecule has 1 heterocycles. The van der Waals surface area contributed by atoms with Gasteiger partial charge in [0.2, 0.25) is 11.8 Å². The fourth-order valence-electron chi connectivity index (χ4n) is 1.88. The molecule has 21 heavy (non-hydrogen) atoms. The van der Waals surface area contributed by atoms with Crippen molar-refractivity contribution < 1.29 is 9.53 Å². The Kier molecular flexibility index (Phi) is 5.29. The summed E-state index contributed by atoms with van der Waals surface area (Å²) in [5.74, 6) is 0.538. The number of ether oxygens (including phenoxy) is 1. The van der Waals surface area contributed by atoms with E-state index in [2.05, 4.69) is 10.3 Å². The summed E-state index contributed by atoms with van der Waals surface area (Å²) >= 11 is 0. The molecule has 2 rings (SSSR count). The lowest BCUT2D eigenvalue weighted by Crippen LogP contribution is -2.24. The normalized spacial score (nSPS) is 10.2. The summed E-state index contributed by atoms with van der Waals surface area (Å²) < 4.78 is 4.99. The first kappa shape index (κ1) is 15.0. The predicted octanol–water partition coefficient (Wildman–Crippen LogP) is 1.41. The van der Waals surface area contributed by atoms with E-state index in [4.69, 9.17) is 10.5 Å². The van der Waals surface area contributed by atoms with Gasteiger partial charge in [0.05, 0.1) is 13.5 Å². The standard InChI is InChI=1S/C16H19N3O2/c1-21-16-7-6-14(11-19-16)10-18-15(20)8-12-2-4-13(9-17)5-3-12/h2-7,11H,8-10,17H2,1H3,(H,18,20). The van der Waals surface area contributed by atoms with Gasteiger partial charge < -0.3 is 15.8 Å². The van der Waals surface area contributed by atoms with Gasteiger partial charge in [0.15, 0.2) is 0 Å². The third-order valence-electron chi connectivity index (χ3n) is 3.12. The van der Waals surface area contributed by atoms with Crippen LogP contribution in [0, 0.1) is 0 Å². The Balaban J connectivity index is 1.83. The van der Waals surface area contributed by atoms with E-state index in [1.165, 1.54) is 0 Å². The molecule has 0 aliphatic carbocycles. The van der Waals surface area contributed by atoms with Crippen LogP contribution >= 0.6 is 0 Å². The Morgan fingerprint density at radius 2 is 1.81 bits per heavy atom. The van der Waals surface area contributed by atoms with Gasteiger partial charge in [-0.1, -0.05) is 30.3 Å². The van der Waals surface area contributed by atoms with Crippen LogP contribution in [-0.4, -0.2) is 18.0 Å². The number of nitrogens with two attached hydrogens (primary N) is 1. The third-order valence-corrected chi connectivity index (χ3v) is 3.12. The van der Waals surface area contributed by atoms with Crippen molar-refractivity contribution in [3.63, 3.8) is 0 Å². The summed E-state index contributed by atoms with van der Waals surface area (Å²) in [5, 5.41) is 2.87. The Labute approximate surface area is 124 Å². The summed E-state index contributed by atoms with van der Waals surface area (Å²) in [5.41, 5.74) is 8.50. The SMILES string of the molecule is COc1ccc(CNC(=O)Cc2ccc(CN)cc2)cn1. The molecule has 1 aromatic heterocycles. The number of hydrogen-bond acceptors (Lipinski definition) is 4. The first-order chi connectivity index (χ1) is 10.2. The average molecular weight is 285 g/mol. The molecule has 0 atom stereocenters. The molecule has 0 unspecified atom stereocenters. The molecule has 0 bridgehead atoms. The van der Waals surface area contributed by atoms with Crippen LogP contribution in [0.1, 0.15) is 16.7 Å². The topological polar surface area (TPSA) is 77.2 Å². The number of rotatable bonds is 6. The number of benzene rings is 1. The molecular formula is C16H19N3O2. The van der Waals surface area contributed by atoms with Crippen LogP contribution in [0.3, 0.4) is 0 Å². The number of nitrogens with zero attached hydrogens (tertiary/aromatic N) is 1. The molecular weight excluding hydrogens is 266 g/mol. The number of nitrogens with one attached hydrogen (secondary N) is 1. The van der Waals surface area contributed by atoms with E-state index in [0.717, 1.165) is 16.7 Å². The first-order valence-corrected chi connectivity index (χ1v) is 6.75. The summed E-state index contributed by atoms with van der Waals surface area (Å²) in [6.07, 6.45) is 2.05. The number of hydrogen-bond donors (Lipinski definition) is 2. The highest BCUT2D eigenvalue weighted by molar-refractivity contribution is 5.78. The van der Waals surface area contributed by atoms with Crippen molar-refractivity contribution in [3.8, 4) is 5.88 Å². The van der Waals surface area contributed by atoms with Gasteiger partial charge in [0.25, 0.3) is 0 Å². The van der Waals surface area contributed by atoms with Crippen molar-refractivity contribution in [2.75, 3.05) is 7.11 Å². The molecule has 5 heteroatoms. The Morgan fingerprint density at radius 3 is 2.38 bits per heavy atom. The van der Waals surface area contributed by atoms with Gasteiger partial charge in [-0.05, 0) is 16.7 Å². The highest BCUT2D eigenvalue weighted by Gasteiger charge is 2.04. The monoisotopic (exact) mass is 285 g/mol. The van der Waals surface area contributed by atoms with Crippen molar-refractivity contribution in [1.29, 1.82) is 0 Å². The van der Waals surface area contributed by atoms with Gasteiger partial charge >= 0.3 is 0 Å². The Morgan fingerprint density at radius 1 is 1.14 bits per heavy atom. The zero-order chi connectivity index (χ0) is 15.1. The zero-order valence-corrected chi connectivity index (χ0v) is 12.0. The molecule has 5 nitrogen and oxygen atoms in total. The van der Waals surface area contributed by atoms with Gasteiger partial charge in [-0.2, -0.15) is 0 Å². The van der Waals surface area contributed by atoms with Crippen molar-refractivity contribution in [1.82, 2.24) is 10.3 Å². The molecule has 110 valence electrons. The van der Waals surface area contributed by atoms with Gasteiger partial charge in [-0.25, -0.2) is 4.98 Å². The van der Waals surface area contributed by atoms with Crippen LogP contribution in [0.25, 0.3) is 0 Å². The van der Waals surface area contributed by atoms with E-state index < -0.39 is 0 Å². The van der Waals surface area contributed by atoms with Gasteiger partial charge in [0, 0.05) is 25.4 Å². The lowest BCUT2D eigenvalue weighted by atomic mass is 10.1. The van der Waals surface area contributed by atoms with Gasteiger partial charge in [0.1, 0.15) is 0 Å². The molecule has 0 fully saturated rings. The maximum atomic E-state index is 11.9. The molecule has 1 aromatic carbocycles. The molecule has 2 aromatic rings. The summed E-state index contributed by atoms with van der Waals surface area (Å²) in [7, 11) is 1.57. The lowest BCUT2D eigenvalue weighted by Gasteiger charge is -2.06. The lowest BCUT2D eigenvalue weighted by molar-refractivity contribution is -0.120. The zero-order valence-electron chi connectivity index (χ0n) is 12.0.